The lowest BCUT2D eigenvalue weighted by molar-refractivity contribution is -0.145. The van der Waals surface area contributed by atoms with Crippen LogP contribution in [0.25, 0.3) is 10.8 Å². The molecule has 0 unspecified atom stereocenters. The number of primary amides is 1. The van der Waals surface area contributed by atoms with Crippen molar-refractivity contribution in [1.82, 2.24) is 15.5 Å². The van der Waals surface area contributed by atoms with Gasteiger partial charge < -0.3 is 31.1 Å². The van der Waals surface area contributed by atoms with Crippen molar-refractivity contribution in [2.45, 2.75) is 50.2 Å². The molecule has 1 fully saturated rings. The zero-order valence-electron chi connectivity index (χ0n) is 24.1. The lowest BCUT2D eigenvalue weighted by Gasteiger charge is -2.37. The molecule has 4 rings (SSSR count). The van der Waals surface area contributed by atoms with E-state index in [1.165, 1.54) is 4.90 Å². The van der Waals surface area contributed by atoms with Gasteiger partial charge in [-0.05, 0) is 41.2 Å². The molecule has 1 aliphatic heterocycles. The summed E-state index contributed by atoms with van der Waals surface area (Å²) in [5.41, 5.74) is 6.70. The molecule has 1 saturated heterocycles. The van der Waals surface area contributed by atoms with E-state index in [1.807, 2.05) is 48.5 Å². The fourth-order valence-electron chi connectivity index (χ4n) is 5.25. The summed E-state index contributed by atoms with van der Waals surface area (Å²) in [6, 6.07) is 19.4. The van der Waals surface area contributed by atoms with E-state index in [0.717, 1.165) is 33.7 Å². The SMILES string of the molecule is NC(=O)[C@H](Cc1ccc2ccccc2c1)NC(=O)[C@@H]1CCCCN1C(=O)[C@H](CSCP(=O)(O)O)NC(=O)Cc1ccccc1. The highest BCUT2D eigenvalue weighted by atomic mass is 32.2. The van der Waals surface area contributed by atoms with Gasteiger partial charge in [0.25, 0.3) is 0 Å². The zero-order valence-corrected chi connectivity index (χ0v) is 25.8. The summed E-state index contributed by atoms with van der Waals surface area (Å²) < 4.78 is 11.4. The fraction of sp³-hybridized carbons (Fsp3) is 0.355. The van der Waals surface area contributed by atoms with Gasteiger partial charge in [0.15, 0.2) is 0 Å². The number of nitrogens with zero attached hydrogens (tertiary/aromatic N) is 1. The largest absolute Gasteiger partial charge is 0.368 e. The van der Waals surface area contributed by atoms with E-state index in [2.05, 4.69) is 10.6 Å². The van der Waals surface area contributed by atoms with E-state index < -0.39 is 54.8 Å². The van der Waals surface area contributed by atoms with Crippen LogP contribution in [0.3, 0.4) is 0 Å². The van der Waals surface area contributed by atoms with Gasteiger partial charge in [-0.2, -0.15) is 0 Å². The molecule has 3 aromatic carbocycles. The van der Waals surface area contributed by atoms with Crippen LogP contribution in [0.2, 0.25) is 0 Å². The minimum absolute atomic E-state index is 0.00670. The quantitative estimate of drug-likeness (QED) is 0.177. The number of hydrogen-bond acceptors (Lipinski definition) is 6. The molecule has 0 aromatic heterocycles. The number of carbonyl (C=O) groups is 4. The zero-order chi connectivity index (χ0) is 31.7. The number of nitrogens with two attached hydrogens (primary N) is 1. The van der Waals surface area contributed by atoms with E-state index in [4.69, 9.17) is 5.73 Å². The van der Waals surface area contributed by atoms with E-state index in [1.54, 1.807) is 24.3 Å². The second kappa shape index (κ2) is 15.3. The average molecular weight is 641 g/mol. The van der Waals surface area contributed by atoms with Crippen molar-refractivity contribution in [3.8, 4) is 0 Å². The highest BCUT2D eigenvalue weighted by Crippen LogP contribution is 2.38. The van der Waals surface area contributed by atoms with Gasteiger partial charge in [0, 0.05) is 18.7 Å². The number of thioether (sulfide) groups is 1. The van der Waals surface area contributed by atoms with Crippen molar-refractivity contribution in [3.63, 3.8) is 0 Å². The summed E-state index contributed by atoms with van der Waals surface area (Å²) in [7, 11) is -4.35. The summed E-state index contributed by atoms with van der Waals surface area (Å²) in [5.74, 6) is -2.30. The predicted molar refractivity (Wildman–Crippen MR) is 170 cm³/mol. The number of piperidine rings is 1. The molecule has 0 bridgehead atoms. The Kier molecular flexibility index (Phi) is 11.6. The highest BCUT2D eigenvalue weighted by molar-refractivity contribution is 8.04. The Balaban J connectivity index is 1.47. The maximum Gasteiger partial charge on any atom is 0.335 e. The third kappa shape index (κ3) is 9.65. The highest BCUT2D eigenvalue weighted by Gasteiger charge is 2.37. The van der Waals surface area contributed by atoms with Crippen molar-refractivity contribution in [3.05, 3.63) is 83.9 Å². The van der Waals surface area contributed by atoms with Gasteiger partial charge in [-0.25, -0.2) is 0 Å². The summed E-state index contributed by atoms with van der Waals surface area (Å²) in [6.45, 7) is 0.247. The van der Waals surface area contributed by atoms with Gasteiger partial charge in [-0.3, -0.25) is 23.7 Å². The summed E-state index contributed by atoms with van der Waals surface area (Å²) in [6.07, 6.45) is 1.83. The van der Waals surface area contributed by atoms with Gasteiger partial charge in [0.05, 0.1) is 11.9 Å². The second-order valence-electron chi connectivity index (χ2n) is 10.8. The van der Waals surface area contributed by atoms with Crippen molar-refractivity contribution in [2.24, 2.45) is 5.73 Å². The number of rotatable bonds is 13. The summed E-state index contributed by atoms with van der Waals surface area (Å²) >= 11 is 0.848. The van der Waals surface area contributed by atoms with E-state index in [-0.39, 0.29) is 25.1 Å². The van der Waals surface area contributed by atoms with E-state index in [0.29, 0.717) is 19.3 Å². The standard InChI is InChI=1S/C31H37N4O7PS/c32-29(37)25(17-22-13-14-23-10-4-5-11-24(23)16-22)34-30(38)27-12-6-7-15-35(27)31(39)26(19-44-20-43(40,41)42)33-28(36)18-21-8-2-1-3-9-21/h1-5,8-11,13-14,16,25-27H,6-7,12,15,17-20H2,(H2,32,37)(H,33,36)(H,34,38)(H2,40,41,42)/t25-,26-,27-/m0/s1. The first-order valence-corrected chi connectivity index (χ1v) is 17.3. The van der Waals surface area contributed by atoms with Crippen LogP contribution in [0.15, 0.2) is 72.8 Å². The Morgan fingerprint density at radius 2 is 1.61 bits per heavy atom. The first kappa shape index (κ1) is 33.2. The number of likely N-dealkylation sites (tertiary alicyclic amines) is 1. The minimum Gasteiger partial charge on any atom is -0.368 e. The number of carbonyl (C=O) groups excluding carboxylic acids is 4. The molecule has 3 aromatic rings. The molecule has 13 heteroatoms. The van der Waals surface area contributed by atoms with Crippen LogP contribution >= 0.6 is 19.4 Å². The molecule has 44 heavy (non-hydrogen) atoms. The Morgan fingerprint density at radius 3 is 2.32 bits per heavy atom. The van der Waals surface area contributed by atoms with Crippen molar-refractivity contribution in [1.29, 1.82) is 0 Å². The van der Waals surface area contributed by atoms with Crippen LogP contribution in [0.5, 0.6) is 0 Å². The normalized spacial score (nSPS) is 16.6. The van der Waals surface area contributed by atoms with E-state index in [9.17, 15) is 33.5 Å². The lowest BCUT2D eigenvalue weighted by atomic mass is 9.98. The van der Waals surface area contributed by atoms with Crippen LogP contribution in [0.4, 0.5) is 0 Å². The Hall–Kier alpha value is -3.70. The second-order valence-corrected chi connectivity index (χ2v) is 13.9. The van der Waals surface area contributed by atoms with Crippen molar-refractivity contribution < 1.29 is 33.5 Å². The Morgan fingerprint density at radius 1 is 0.909 bits per heavy atom. The minimum atomic E-state index is -4.35. The van der Waals surface area contributed by atoms with Crippen LogP contribution < -0.4 is 16.4 Å². The average Bonchev–Trinajstić information content (AvgIpc) is 2.99. The molecular weight excluding hydrogens is 603 g/mol. The van der Waals surface area contributed by atoms with Gasteiger partial charge in [-0.15, -0.1) is 11.8 Å². The van der Waals surface area contributed by atoms with Gasteiger partial charge in [-0.1, -0.05) is 72.8 Å². The first-order chi connectivity index (χ1) is 21.0. The molecule has 0 saturated carbocycles. The lowest BCUT2D eigenvalue weighted by Crippen LogP contribution is -2.60. The molecule has 3 atom stereocenters. The monoisotopic (exact) mass is 640 g/mol. The molecule has 0 aliphatic carbocycles. The van der Waals surface area contributed by atoms with Crippen LogP contribution in [0, 0.1) is 0 Å². The van der Waals surface area contributed by atoms with Gasteiger partial charge in [0.1, 0.15) is 18.1 Å². The molecule has 6 N–H and O–H groups in total. The molecule has 1 heterocycles. The Labute approximate surface area is 260 Å². The molecule has 11 nitrogen and oxygen atoms in total. The van der Waals surface area contributed by atoms with Crippen molar-refractivity contribution >= 4 is 53.8 Å². The number of benzene rings is 3. The molecule has 1 aliphatic rings. The molecule has 234 valence electrons. The molecular formula is C31H37N4O7PS. The van der Waals surface area contributed by atoms with Gasteiger partial charge >= 0.3 is 7.60 Å². The number of hydrogen-bond donors (Lipinski definition) is 5. The summed E-state index contributed by atoms with van der Waals surface area (Å²) in [5, 5.41) is 7.47. The number of nitrogens with one attached hydrogen (secondary N) is 2. The third-order valence-electron chi connectivity index (χ3n) is 7.39. The number of amides is 4. The fourth-order valence-corrected chi connectivity index (χ4v) is 7.09. The first-order valence-electron chi connectivity index (χ1n) is 14.3. The third-order valence-corrected chi connectivity index (χ3v) is 10.0. The summed E-state index contributed by atoms with van der Waals surface area (Å²) in [4.78, 5) is 72.7. The van der Waals surface area contributed by atoms with Gasteiger partial charge in [0.2, 0.25) is 23.6 Å². The molecule has 0 radical (unpaired) electrons. The van der Waals surface area contributed by atoms with Crippen LogP contribution in [-0.2, 0) is 36.6 Å². The van der Waals surface area contributed by atoms with Crippen molar-refractivity contribution in [2.75, 3.05) is 17.8 Å². The number of fused-ring (bicyclic) bond motifs is 1. The molecule has 4 amide bonds. The predicted octanol–water partition coefficient (Wildman–Crippen LogP) is 2.33. The van der Waals surface area contributed by atoms with E-state index >= 15 is 0 Å². The van der Waals surface area contributed by atoms with Crippen LogP contribution in [0.1, 0.15) is 30.4 Å². The maximum absolute atomic E-state index is 13.8. The smallest absolute Gasteiger partial charge is 0.335 e. The topological polar surface area (TPSA) is 179 Å². The Bertz CT molecular complexity index is 1530. The van der Waals surface area contributed by atoms with Crippen LogP contribution in [-0.4, -0.2) is 74.2 Å². The maximum atomic E-state index is 13.8. The molecule has 0 spiro atoms.